The van der Waals surface area contributed by atoms with Crippen molar-refractivity contribution in [3.05, 3.63) is 46.5 Å². The molecule has 4 aliphatic rings. The van der Waals surface area contributed by atoms with Gasteiger partial charge in [0.2, 0.25) is 0 Å². The zero-order valence-electron chi connectivity index (χ0n) is 25.9. The van der Waals surface area contributed by atoms with Crippen molar-refractivity contribution in [3.8, 4) is 23.0 Å². The molecule has 5 nitrogen and oxygen atoms in total. The molecule has 0 heterocycles. The van der Waals surface area contributed by atoms with Crippen LogP contribution in [0.3, 0.4) is 0 Å². The highest BCUT2D eigenvalue weighted by Crippen LogP contribution is 2.44. The van der Waals surface area contributed by atoms with Gasteiger partial charge in [0.05, 0.1) is 0 Å². The average molecular weight is 569 g/mol. The number of hydrogen-bond acceptors (Lipinski definition) is 5. The molecule has 0 unspecified atom stereocenters. The number of benzene rings is 2. The Balaban J connectivity index is 1.84. The summed E-state index contributed by atoms with van der Waals surface area (Å²) in [6, 6.07) is 7.50. The molecule has 4 aliphatic carbocycles. The monoisotopic (exact) mass is 568 g/mol. The number of aliphatic hydroxyl groups excluding tert-OH is 1. The van der Waals surface area contributed by atoms with E-state index in [1.54, 1.807) is 0 Å². The largest absolute Gasteiger partial charge is 0.508 e. The first-order chi connectivity index (χ1) is 19.8. The summed E-state index contributed by atoms with van der Waals surface area (Å²) < 4.78 is 0. The van der Waals surface area contributed by atoms with Gasteiger partial charge in [0.25, 0.3) is 0 Å². The molecule has 6 rings (SSSR count). The number of unbranched alkanes of at least 4 members (excludes halogenated alkanes) is 2. The molecule has 0 amide bonds. The molecular formula is C36H56O5. The highest BCUT2D eigenvalue weighted by atomic mass is 16.3. The maximum Gasteiger partial charge on any atom is 0.123 e. The van der Waals surface area contributed by atoms with Crippen LogP contribution in [0, 0.1) is 0 Å². The van der Waals surface area contributed by atoms with E-state index in [4.69, 9.17) is 0 Å². The minimum Gasteiger partial charge on any atom is -0.508 e. The lowest BCUT2D eigenvalue weighted by Crippen LogP contribution is -2.04. The predicted molar refractivity (Wildman–Crippen MR) is 168 cm³/mol. The highest BCUT2D eigenvalue weighted by Gasteiger charge is 2.23. The SMILES string of the molecule is CCCC[C@H]1CCCCC[C@@H](C)c2cc(O)c(c(O)c2)[C@@H](CCCCO)CCCCC[C@@H](C)c2cc(O)c1c(O)c2. The minimum absolute atomic E-state index is 0.0586. The van der Waals surface area contributed by atoms with Crippen molar-refractivity contribution in [1.29, 1.82) is 0 Å². The maximum absolute atomic E-state index is 11.1. The smallest absolute Gasteiger partial charge is 0.123 e. The normalized spacial score (nSPS) is 23.2. The van der Waals surface area contributed by atoms with Crippen LogP contribution in [0.2, 0.25) is 0 Å². The van der Waals surface area contributed by atoms with Crippen LogP contribution >= 0.6 is 0 Å². The first-order valence-electron chi connectivity index (χ1n) is 16.5. The highest BCUT2D eigenvalue weighted by molar-refractivity contribution is 5.50. The number of aromatic hydroxyl groups is 4. The van der Waals surface area contributed by atoms with Crippen molar-refractivity contribution in [3.63, 3.8) is 0 Å². The molecule has 0 aliphatic heterocycles. The summed E-state index contributed by atoms with van der Waals surface area (Å²) in [6.07, 6.45) is 15.5. The Bertz CT molecular complexity index is 1020. The maximum atomic E-state index is 11.1. The summed E-state index contributed by atoms with van der Waals surface area (Å²) in [7, 11) is 0. The summed E-state index contributed by atoms with van der Waals surface area (Å²) >= 11 is 0. The summed E-state index contributed by atoms with van der Waals surface area (Å²) in [6.45, 7) is 6.66. The molecule has 4 atom stereocenters. The van der Waals surface area contributed by atoms with Gasteiger partial charge >= 0.3 is 0 Å². The number of aliphatic hydroxyl groups is 1. The summed E-state index contributed by atoms with van der Waals surface area (Å²) in [5.41, 5.74) is 3.36. The Labute approximate surface area is 248 Å². The van der Waals surface area contributed by atoms with Gasteiger partial charge in [-0.2, -0.15) is 0 Å². The van der Waals surface area contributed by atoms with E-state index in [-0.39, 0.29) is 53.3 Å². The van der Waals surface area contributed by atoms with Gasteiger partial charge in [-0.15, -0.1) is 0 Å². The third kappa shape index (κ3) is 9.56. The summed E-state index contributed by atoms with van der Waals surface area (Å²) in [4.78, 5) is 0. The first kappa shape index (κ1) is 33.1. The van der Waals surface area contributed by atoms with Gasteiger partial charge in [0.1, 0.15) is 23.0 Å². The molecule has 41 heavy (non-hydrogen) atoms. The molecule has 4 bridgehead atoms. The molecule has 5 N–H and O–H groups in total. The van der Waals surface area contributed by atoms with Crippen molar-refractivity contribution in [2.24, 2.45) is 0 Å². The Morgan fingerprint density at radius 3 is 1.34 bits per heavy atom. The van der Waals surface area contributed by atoms with Crippen molar-refractivity contribution in [2.75, 3.05) is 6.61 Å². The van der Waals surface area contributed by atoms with Crippen LogP contribution in [0.15, 0.2) is 24.3 Å². The molecule has 0 saturated heterocycles. The molecule has 0 aromatic heterocycles. The van der Waals surface area contributed by atoms with Gasteiger partial charge in [-0.1, -0.05) is 78.6 Å². The topological polar surface area (TPSA) is 101 Å². The molecule has 0 saturated carbocycles. The molecule has 2 aromatic carbocycles. The van der Waals surface area contributed by atoms with E-state index in [2.05, 4.69) is 20.8 Å². The van der Waals surface area contributed by atoms with E-state index < -0.39 is 0 Å². The van der Waals surface area contributed by atoms with Gasteiger partial charge in [-0.05, 0) is 104 Å². The van der Waals surface area contributed by atoms with Gasteiger partial charge in [-0.25, -0.2) is 0 Å². The van der Waals surface area contributed by atoms with Gasteiger partial charge in [0, 0.05) is 17.7 Å². The number of phenolic OH excluding ortho intramolecular Hbond substituents is 4. The molecular weight excluding hydrogens is 512 g/mol. The minimum atomic E-state index is 0.0586. The second-order valence-corrected chi connectivity index (χ2v) is 12.8. The molecule has 0 fully saturated rings. The molecule has 2 aromatic rings. The second kappa shape index (κ2) is 16.9. The second-order valence-electron chi connectivity index (χ2n) is 12.8. The molecule has 0 radical (unpaired) electrons. The first-order valence-corrected chi connectivity index (χ1v) is 16.5. The van der Waals surface area contributed by atoms with Gasteiger partial charge < -0.3 is 25.5 Å². The fourth-order valence-corrected chi connectivity index (χ4v) is 6.88. The van der Waals surface area contributed by atoms with E-state index in [0.29, 0.717) is 5.56 Å². The lowest BCUT2D eigenvalue weighted by molar-refractivity contribution is 0.280. The van der Waals surface area contributed by atoms with Gasteiger partial charge in [0.15, 0.2) is 0 Å². The summed E-state index contributed by atoms with van der Waals surface area (Å²) in [5.74, 6) is 1.58. The van der Waals surface area contributed by atoms with Crippen molar-refractivity contribution < 1.29 is 25.5 Å². The predicted octanol–water partition coefficient (Wildman–Crippen LogP) is 9.85. The van der Waals surface area contributed by atoms with E-state index in [9.17, 15) is 25.5 Å². The standard InChI is InChI=1S/C36H56O5/c1-4-5-16-27-17-10-6-8-14-26(3)30-23-33(40)36(34(41)24-30)28(19-12-13-20-37)18-11-7-9-15-25(2)29-21-31(38)35(27)32(39)22-29/h21-28,37-41H,4-20H2,1-3H3/t25-,26-,27+,28-/m1/s1. The van der Waals surface area contributed by atoms with Crippen LogP contribution in [-0.2, 0) is 0 Å². The Morgan fingerprint density at radius 1 is 0.561 bits per heavy atom. The third-order valence-electron chi connectivity index (χ3n) is 9.52. The van der Waals surface area contributed by atoms with E-state index in [1.165, 1.54) is 0 Å². The zero-order valence-corrected chi connectivity index (χ0v) is 25.9. The third-order valence-corrected chi connectivity index (χ3v) is 9.52. The fourth-order valence-electron chi connectivity index (χ4n) is 6.88. The van der Waals surface area contributed by atoms with Crippen LogP contribution in [0.25, 0.3) is 0 Å². The lowest BCUT2D eigenvalue weighted by Gasteiger charge is -2.23. The van der Waals surface area contributed by atoms with Crippen LogP contribution in [0.1, 0.15) is 169 Å². The molecule has 230 valence electrons. The number of hydrogen-bond donors (Lipinski definition) is 5. The zero-order chi connectivity index (χ0) is 29.8. The number of rotatable bonds is 7. The lowest BCUT2D eigenvalue weighted by atomic mass is 9.83. The van der Waals surface area contributed by atoms with Gasteiger partial charge in [-0.3, -0.25) is 0 Å². The van der Waals surface area contributed by atoms with Crippen LogP contribution in [-0.4, -0.2) is 32.1 Å². The molecule has 5 heteroatoms. The van der Waals surface area contributed by atoms with Crippen molar-refractivity contribution in [1.82, 2.24) is 0 Å². The van der Waals surface area contributed by atoms with Crippen LogP contribution in [0.5, 0.6) is 23.0 Å². The van der Waals surface area contributed by atoms with Crippen molar-refractivity contribution >= 4 is 0 Å². The van der Waals surface area contributed by atoms with E-state index in [1.807, 2.05) is 24.3 Å². The van der Waals surface area contributed by atoms with Crippen molar-refractivity contribution in [2.45, 2.75) is 147 Å². The summed E-state index contributed by atoms with van der Waals surface area (Å²) in [5, 5.41) is 53.6. The Morgan fingerprint density at radius 2 is 0.951 bits per heavy atom. The Kier molecular flexibility index (Phi) is 13.6. The van der Waals surface area contributed by atoms with Crippen LogP contribution in [0.4, 0.5) is 0 Å². The molecule has 0 spiro atoms. The quantitative estimate of drug-likeness (QED) is 0.214. The van der Waals surface area contributed by atoms with E-state index in [0.717, 1.165) is 119 Å². The average Bonchev–Trinajstić information content (AvgIpc) is 2.93. The number of phenols is 4. The van der Waals surface area contributed by atoms with E-state index >= 15 is 0 Å². The van der Waals surface area contributed by atoms with Crippen LogP contribution < -0.4 is 0 Å². The Hall–Kier alpha value is -2.40. The fraction of sp³-hybridized carbons (Fsp3) is 0.667.